The first kappa shape index (κ1) is 14.0. The van der Waals surface area contributed by atoms with Crippen molar-refractivity contribution in [3.8, 4) is 0 Å². The number of benzene rings is 2. The maximum Gasteiger partial charge on any atom is 0.170 e. The second-order valence-corrected chi connectivity index (χ2v) is 6.37. The van der Waals surface area contributed by atoms with E-state index in [9.17, 15) is 0 Å². The molecule has 2 nitrogen and oxygen atoms in total. The van der Waals surface area contributed by atoms with Crippen LogP contribution in [0.3, 0.4) is 0 Å². The van der Waals surface area contributed by atoms with Gasteiger partial charge in [-0.25, -0.2) is 0 Å². The van der Waals surface area contributed by atoms with E-state index in [-0.39, 0.29) is 18.0 Å². The Balaban J connectivity index is 1.70. The normalized spacial score (nSPS) is 27.1. The molecule has 0 unspecified atom stereocenters. The molecule has 0 radical (unpaired) electrons. The quantitative estimate of drug-likeness (QED) is 0.760. The van der Waals surface area contributed by atoms with E-state index in [1.807, 2.05) is 12.1 Å². The molecule has 0 bridgehead atoms. The van der Waals surface area contributed by atoms with Gasteiger partial charge in [-0.15, -0.1) is 0 Å². The van der Waals surface area contributed by atoms with Gasteiger partial charge in [0.25, 0.3) is 0 Å². The van der Waals surface area contributed by atoms with Crippen molar-refractivity contribution in [3.63, 3.8) is 0 Å². The van der Waals surface area contributed by atoms with Gasteiger partial charge in [0.2, 0.25) is 0 Å². The van der Waals surface area contributed by atoms with Gasteiger partial charge >= 0.3 is 0 Å². The van der Waals surface area contributed by atoms with Crippen molar-refractivity contribution < 1.29 is 9.47 Å². The van der Waals surface area contributed by atoms with E-state index in [1.54, 1.807) is 0 Å². The lowest BCUT2D eigenvalue weighted by Crippen LogP contribution is -2.32. The molecule has 2 fully saturated rings. The van der Waals surface area contributed by atoms with Crippen LogP contribution >= 0.6 is 0 Å². The van der Waals surface area contributed by atoms with E-state index in [4.69, 9.17) is 9.47 Å². The smallest absolute Gasteiger partial charge is 0.170 e. The highest BCUT2D eigenvalue weighted by Crippen LogP contribution is 2.51. The summed E-state index contributed by atoms with van der Waals surface area (Å²) in [6.45, 7) is 0. The molecular formula is C20H22O2. The van der Waals surface area contributed by atoms with Gasteiger partial charge in [0.15, 0.2) is 5.79 Å². The second kappa shape index (κ2) is 5.86. The van der Waals surface area contributed by atoms with Crippen molar-refractivity contribution in [1.82, 2.24) is 0 Å². The minimum Gasteiger partial charge on any atom is -0.339 e. The third-order valence-electron chi connectivity index (χ3n) is 4.83. The Labute approximate surface area is 132 Å². The van der Waals surface area contributed by atoms with Crippen LogP contribution in [0.1, 0.15) is 55.4 Å². The minimum absolute atomic E-state index is 0.0123. The Hall–Kier alpha value is -1.64. The Kier molecular flexibility index (Phi) is 3.73. The third kappa shape index (κ3) is 2.57. The van der Waals surface area contributed by atoms with Gasteiger partial charge in [-0.05, 0) is 24.0 Å². The Morgan fingerprint density at radius 3 is 1.55 bits per heavy atom. The number of hydrogen-bond donors (Lipinski definition) is 0. The van der Waals surface area contributed by atoms with Crippen LogP contribution in [-0.4, -0.2) is 5.79 Å². The summed E-state index contributed by atoms with van der Waals surface area (Å²) in [4.78, 5) is 0. The second-order valence-electron chi connectivity index (χ2n) is 6.37. The van der Waals surface area contributed by atoms with E-state index < -0.39 is 0 Å². The van der Waals surface area contributed by atoms with Crippen molar-refractivity contribution in [1.29, 1.82) is 0 Å². The summed E-state index contributed by atoms with van der Waals surface area (Å²) < 4.78 is 13.0. The third-order valence-corrected chi connectivity index (χ3v) is 4.83. The van der Waals surface area contributed by atoms with Gasteiger partial charge in [0.05, 0.1) is 0 Å². The minimum atomic E-state index is -0.376. The van der Waals surface area contributed by atoms with Crippen LogP contribution in [-0.2, 0) is 9.47 Å². The molecule has 1 heterocycles. The van der Waals surface area contributed by atoms with Crippen molar-refractivity contribution in [2.24, 2.45) is 0 Å². The molecule has 0 aromatic heterocycles. The molecule has 2 aromatic rings. The van der Waals surface area contributed by atoms with E-state index in [0.29, 0.717) is 0 Å². The van der Waals surface area contributed by atoms with E-state index >= 15 is 0 Å². The van der Waals surface area contributed by atoms with Gasteiger partial charge in [-0.1, -0.05) is 67.1 Å². The number of rotatable bonds is 2. The first-order valence-electron chi connectivity index (χ1n) is 8.32. The maximum absolute atomic E-state index is 6.52. The molecule has 2 atom stereocenters. The van der Waals surface area contributed by atoms with Crippen LogP contribution in [0, 0.1) is 0 Å². The SMILES string of the molecule is c1ccc([C@H]2OC3(CCCCC3)O[C@@H]2c2ccccc2)cc1. The molecule has 1 saturated carbocycles. The molecule has 2 aliphatic rings. The molecular weight excluding hydrogens is 272 g/mol. The van der Waals surface area contributed by atoms with Crippen LogP contribution < -0.4 is 0 Å². The van der Waals surface area contributed by atoms with Crippen LogP contribution in [0.5, 0.6) is 0 Å². The van der Waals surface area contributed by atoms with Gasteiger partial charge < -0.3 is 9.47 Å². The fourth-order valence-electron chi connectivity index (χ4n) is 3.71. The van der Waals surface area contributed by atoms with Crippen molar-refractivity contribution in [3.05, 3.63) is 71.8 Å². The standard InChI is InChI=1S/C20H22O2/c1-4-10-16(11-5-1)18-19(17-12-6-2-7-13-17)22-20(21-18)14-8-3-9-15-20/h1-2,4-7,10-13,18-19H,3,8-9,14-15H2/t18-,19-/m1/s1. The van der Waals surface area contributed by atoms with E-state index in [0.717, 1.165) is 12.8 Å². The van der Waals surface area contributed by atoms with Crippen LogP contribution in [0.25, 0.3) is 0 Å². The van der Waals surface area contributed by atoms with Gasteiger partial charge in [-0.3, -0.25) is 0 Å². The lowest BCUT2D eigenvalue weighted by atomic mass is 9.94. The average molecular weight is 294 g/mol. The fourth-order valence-corrected chi connectivity index (χ4v) is 3.71. The summed E-state index contributed by atoms with van der Waals surface area (Å²) in [6.07, 6.45) is 5.69. The monoisotopic (exact) mass is 294 g/mol. The van der Waals surface area contributed by atoms with Crippen LogP contribution in [0.15, 0.2) is 60.7 Å². The maximum atomic E-state index is 6.52. The van der Waals surface area contributed by atoms with Crippen molar-refractivity contribution in [2.45, 2.75) is 50.1 Å². The number of hydrogen-bond acceptors (Lipinski definition) is 2. The predicted octanol–water partition coefficient (Wildman–Crippen LogP) is 5.18. The number of ether oxygens (including phenoxy) is 2. The van der Waals surface area contributed by atoms with Gasteiger partial charge in [-0.2, -0.15) is 0 Å². The predicted molar refractivity (Wildman–Crippen MR) is 86.4 cm³/mol. The van der Waals surface area contributed by atoms with E-state index in [1.165, 1.54) is 30.4 Å². The largest absolute Gasteiger partial charge is 0.339 e. The molecule has 4 rings (SSSR count). The summed E-state index contributed by atoms with van der Waals surface area (Å²) in [5, 5.41) is 0. The van der Waals surface area contributed by atoms with Crippen LogP contribution in [0.4, 0.5) is 0 Å². The van der Waals surface area contributed by atoms with E-state index in [2.05, 4.69) is 48.5 Å². The molecule has 114 valence electrons. The van der Waals surface area contributed by atoms with Crippen molar-refractivity contribution in [2.75, 3.05) is 0 Å². The zero-order chi connectivity index (χ0) is 14.8. The summed E-state index contributed by atoms with van der Waals surface area (Å²) in [5.74, 6) is -0.376. The summed E-state index contributed by atoms with van der Waals surface area (Å²) in [7, 11) is 0. The summed E-state index contributed by atoms with van der Waals surface area (Å²) in [5.41, 5.74) is 2.41. The molecule has 1 spiro atoms. The Morgan fingerprint density at radius 1 is 0.636 bits per heavy atom. The summed E-state index contributed by atoms with van der Waals surface area (Å²) >= 11 is 0. The molecule has 22 heavy (non-hydrogen) atoms. The molecule has 1 aliphatic carbocycles. The Bertz CT molecular complexity index is 553. The molecule has 1 saturated heterocycles. The van der Waals surface area contributed by atoms with Crippen molar-refractivity contribution >= 4 is 0 Å². The lowest BCUT2D eigenvalue weighted by Gasteiger charge is -2.32. The molecule has 0 N–H and O–H groups in total. The fraction of sp³-hybridized carbons (Fsp3) is 0.400. The molecule has 1 aliphatic heterocycles. The molecule has 0 amide bonds. The Morgan fingerprint density at radius 2 is 1.09 bits per heavy atom. The van der Waals surface area contributed by atoms with Gasteiger partial charge in [0, 0.05) is 12.8 Å². The first-order valence-corrected chi connectivity index (χ1v) is 8.32. The average Bonchev–Trinajstić information content (AvgIpc) is 2.96. The summed E-state index contributed by atoms with van der Waals surface area (Å²) in [6, 6.07) is 21.0. The zero-order valence-corrected chi connectivity index (χ0v) is 12.8. The van der Waals surface area contributed by atoms with Gasteiger partial charge in [0.1, 0.15) is 12.2 Å². The van der Waals surface area contributed by atoms with Crippen LogP contribution in [0.2, 0.25) is 0 Å². The topological polar surface area (TPSA) is 18.5 Å². The highest BCUT2D eigenvalue weighted by molar-refractivity contribution is 5.26. The first-order chi connectivity index (χ1) is 10.9. The lowest BCUT2D eigenvalue weighted by molar-refractivity contribution is -0.195. The highest BCUT2D eigenvalue weighted by atomic mass is 16.8. The molecule has 2 aromatic carbocycles. The zero-order valence-electron chi connectivity index (χ0n) is 12.8. The molecule has 2 heteroatoms. The highest BCUT2D eigenvalue weighted by Gasteiger charge is 2.48.